The minimum atomic E-state index is 0.653. The van der Waals surface area contributed by atoms with Crippen LogP contribution in [0.4, 0.5) is 0 Å². The average molecular weight is 228 g/mol. The van der Waals surface area contributed by atoms with Gasteiger partial charge in [0.15, 0.2) is 0 Å². The van der Waals surface area contributed by atoms with Crippen LogP contribution in [0.3, 0.4) is 0 Å². The van der Waals surface area contributed by atoms with Gasteiger partial charge < -0.3 is 0 Å². The van der Waals surface area contributed by atoms with Crippen molar-refractivity contribution in [1.29, 1.82) is 5.26 Å². The summed E-state index contributed by atoms with van der Waals surface area (Å²) in [7, 11) is 0. The second-order valence-corrected chi connectivity index (χ2v) is 3.57. The number of thiol groups is 1. The van der Waals surface area contributed by atoms with Crippen LogP contribution in [0.2, 0.25) is 0 Å². The lowest BCUT2D eigenvalue weighted by atomic mass is 10.1. The summed E-state index contributed by atoms with van der Waals surface area (Å²) in [5.74, 6) is 0. The first kappa shape index (κ1) is 8.63. The van der Waals surface area contributed by atoms with E-state index in [9.17, 15) is 0 Å². The van der Waals surface area contributed by atoms with Gasteiger partial charge in [-0.3, -0.25) is 0 Å². The van der Waals surface area contributed by atoms with Crippen LogP contribution in [-0.2, 0) is 0 Å². The maximum Gasteiger partial charge on any atom is 0.100 e. The van der Waals surface area contributed by atoms with Crippen LogP contribution in [-0.4, -0.2) is 0 Å². The Hall–Kier alpha value is -0.460. The second-order valence-electron chi connectivity index (χ2n) is 2.23. The summed E-state index contributed by atoms with van der Waals surface area (Å²) < 4.78 is 0.801. The van der Waals surface area contributed by atoms with Crippen molar-refractivity contribution in [3.8, 4) is 6.07 Å². The molecule has 0 aliphatic rings. The van der Waals surface area contributed by atoms with Gasteiger partial charge in [-0.05, 0) is 40.5 Å². The molecule has 0 aromatic heterocycles. The molecule has 0 fully saturated rings. The molecular formula is C8H6BrNS. The number of aryl methyl sites for hydroxylation is 1. The van der Waals surface area contributed by atoms with E-state index in [0.29, 0.717) is 5.56 Å². The van der Waals surface area contributed by atoms with Crippen molar-refractivity contribution in [3.63, 3.8) is 0 Å². The lowest BCUT2D eigenvalue weighted by Gasteiger charge is -2.00. The number of hydrogen-bond acceptors (Lipinski definition) is 2. The SMILES string of the molecule is Cc1cc(C#N)c(Br)cc1S. The van der Waals surface area contributed by atoms with Crippen molar-refractivity contribution in [2.45, 2.75) is 11.8 Å². The molecule has 0 radical (unpaired) electrons. The standard InChI is InChI=1S/C8H6BrNS/c1-5-2-6(4-10)7(9)3-8(5)11/h2-3,11H,1H3. The van der Waals surface area contributed by atoms with E-state index in [1.807, 2.05) is 19.1 Å². The van der Waals surface area contributed by atoms with Crippen LogP contribution in [0.5, 0.6) is 0 Å². The first-order valence-corrected chi connectivity index (χ1v) is 4.28. The highest BCUT2D eigenvalue weighted by atomic mass is 79.9. The fourth-order valence-corrected chi connectivity index (χ4v) is 1.56. The van der Waals surface area contributed by atoms with Crippen molar-refractivity contribution in [2.75, 3.05) is 0 Å². The third kappa shape index (κ3) is 1.76. The van der Waals surface area contributed by atoms with Crippen LogP contribution in [0.1, 0.15) is 11.1 Å². The molecule has 56 valence electrons. The van der Waals surface area contributed by atoms with Gasteiger partial charge in [0, 0.05) is 9.37 Å². The van der Waals surface area contributed by atoms with Gasteiger partial charge >= 0.3 is 0 Å². The Labute approximate surface area is 79.6 Å². The summed E-state index contributed by atoms with van der Waals surface area (Å²) in [6, 6.07) is 5.72. The zero-order valence-electron chi connectivity index (χ0n) is 5.93. The fourth-order valence-electron chi connectivity index (χ4n) is 0.757. The average Bonchev–Trinajstić information content (AvgIpc) is 1.97. The highest BCUT2D eigenvalue weighted by molar-refractivity contribution is 9.10. The smallest absolute Gasteiger partial charge is 0.100 e. The molecule has 1 aromatic rings. The Bertz CT molecular complexity index is 328. The van der Waals surface area contributed by atoms with Crippen LogP contribution in [0, 0.1) is 18.3 Å². The normalized spacial score (nSPS) is 9.27. The van der Waals surface area contributed by atoms with Gasteiger partial charge in [-0.1, -0.05) is 0 Å². The maximum atomic E-state index is 8.63. The van der Waals surface area contributed by atoms with Crippen molar-refractivity contribution < 1.29 is 0 Å². The van der Waals surface area contributed by atoms with Crippen molar-refractivity contribution in [1.82, 2.24) is 0 Å². The van der Waals surface area contributed by atoms with Gasteiger partial charge in [-0.25, -0.2) is 0 Å². The van der Waals surface area contributed by atoms with E-state index in [0.717, 1.165) is 14.9 Å². The molecule has 0 N–H and O–H groups in total. The summed E-state index contributed by atoms with van der Waals surface area (Å²) in [5.41, 5.74) is 1.67. The summed E-state index contributed by atoms with van der Waals surface area (Å²) in [5, 5.41) is 8.63. The third-order valence-electron chi connectivity index (χ3n) is 1.41. The van der Waals surface area contributed by atoms with Gasteiger partial charge in [0.1, 0.15) is 6.07 Å². The third-order valence-corrected chi connectivity index (χ3v) is 2.54. The Morgan fingerprint density at radius 2 is 2.18 bits per heavy atom. The van der Waals surface area contributed by atoms with E-state index in [1.165, 1.54) is 0 Å². The molecule has 0 unspecified atom stereocenters. The molecule has 1 aromatic carbocycles. The van der Waals surface area contributed by atoms with Gasteiger partial charge in [-0.15, -0.1) is 12.6 Å². The second kappa shape index (κ2) is 3.29. The van der Waals surface area contributed by atoms with E-state index >= 15 is 0 Å². The van der Waals surface area contributed by atoms with E-state index in [4.69, 9.17) is 5.26 Å². The van der Waals surface area contributed by atoms with Crippen LogP contribution >= 0.6 is 28.6 Å². The lowest BCUT2D eigenvalue weighted by molar-refractivity contribution is 1.28. The summed E-state index contributed by atoms with van der Waals surface area (Å²) in [6.45, 7) is 1.93. The minimum absolute atomic E-state index is 0.653. The Kier molecular flexibility index (Phi) is 2.58. The van der Waals surface area contributed by atoms with Crippen molar-refractivity contribution in [3.05, 3.63) is 27.7 Å². The van der Waals surface area contributed by atoms with E-state index < -0.39 is 0 Å². The monoisotopic (exact) mass is 227 g/mol. The number of nitrogens with zero attached hydrogens (tertiary/aromatic N) is 1. The Morgan fingerprint density at radius 3 is 2.73 bits per heavy atom. The summed E-state index contributed by atoms with van der Waals surface area (Å²) in [6.07, 6.45) is 0. The Balaban J connectivity index is 3.35. The highest BCUT2D eigenvalue weighted by Gasteiger charge is 2.01. The molecule has 0 spiro atoms. The van der Waals surface area contributed by atoms with E-state index in [1.54, 1.807) is 0 Å². The van der Waals surface area contributed by atoms with E-state index in [2.05, 4.69) is 34.6 Å². The predicted molar refractivity (Wildman–Crippen MR) is 50.8 cm³/mol. The zero-order chi connectivity index (χ0) is 8.43. The minimum Gasteiger partial charge on any atom is -0.192 e. The molecule has 0 aliphatic heterocycles. The van der Waals surface area contributed by atoms with Crippen LogP contribution < -0.4 is 0 Å². The molecule has 0 heterocycles. The van der Waals surface area contributed by atoms with Gasteiger partial charge in [-0.2, -0.15) is 5.26 Å². The molecule has 0 saturated carbocycles. The maximum absolute atomic E-state index is 8.63. The molecule has 0 saturated heterocycles. The lowest BCUT2D eigenvalue weighted by Crippen LogP contribution is -1.81. The summed E-state index contributed by atoms with van der Waals surface area (Å²) in [4.78, 5) is 0.899. The largest absolute Gasteiger partial charge is 0.192 e. The number of halogens is 1. The van der Waals surface area contributed by atoms with Crippen LogP contribution in [0.15, 0.2) is 21.5 Å². The molecule has 0 aliphatic carbocycles. The Morgan fingerprint density at radius 1 is 1.55 bits per heavy atom. The quantitative estimate of drug-likeness (QED) is 0.678. The van der Waals surface area contributed by atoms with Gasteiger partial charge in [0.25, 0.3) is 0 Å². The molecule has 1 rings (SSSR count). The summed E-state index contributed by atoms with van der Waals surface area (Å²) >= 11 is 7.48. The molecule has 11 heavy (non-hydrogen) atoms. The first-order valence-electron chi connectivity index (χ1n) is 3.04. The molecule has 0 atom stereocenters. The number of nitriles is 1. The predicted octanol–water partition coefficient (Wildman–Crippen LogP) is 2.92. The zero-order valence-corrected chi connectivity index (χ0v) is 8.41. The molecule has 0 bridgehead atoms. The molecule has 3 heteroatoms. The van der Waals surface area contributed by atoms with Gasteiger partial charge in [0.05, 0.1) is 5.56 Å². The van der Waals surface area contributed by atoms with E-state index in [-0.39, 0.29) is 0 Å². The fraction of sp³-hybridized carbons (Fsp3) is 0.125. The van der Waals surface area contributed by atoms with Gasteiger partial charge in [0.2, 0.25) is 0 Å². The van der Waals surface area contributed by atoms with Crippen molar-refractivity contribution in [2.24, 2.45) is 0 Å². The first-order chi connectivity index (χ1) is 5.15. The number of benzene rings is 1. The van der Waals surface area contributed by atoms with Crippen LogP contribution in [0.25, 0.3) is 0 Å². The number of hydrogen-bond donors (Lipinski definition) is 1. The number of rotatable bonds is 0. The highest BCUT2D eigenvalue weighted by Crippen LogP contribution is 2.23. The topological polar surface area (TPSA) is 23.8 Å². The molecular weight excluding hydrogens is 222 g/mol. The molecule has 1 nitrogen and oxygen atoms in total. The molecule has 0 amide bonds. The van der Waals surface area contributed by atoms with Crippen molar-refractivity contribution >= 4 is 28.6 Å².